The van der Waals surface area contributed by atoms with Crippen LogP contribution in [0.4, 0.5) is 0 Å². The van der Waals surface area contributed by atoms with Crippen LogP contribution in [0.3, 0.4) is 0 Å². The molecule has 0 rings (SSSR count). The van der Waals surface area contributed by atoms with Crippen molar-refractivity contribution in [3.05, 3.63) is 72.9 Å². The molecule has 0 aliphatic rings. The molecule has 0 heterocycles. The van der Waals surface area contributed by atoms with Gasteiger partial charge in [0.25, 0.3) is 0 Å². The zero-order valence-corrected chi connectivity index (χ0v) is 45.4. The molecule has 0 aliphatic carbocycles. The van der Waals surface area contributed by atoms with Crippen molar-refractivity contribution in [2.24, 2.45) is 0 Å². The zero-order valence-electron chi connectivity index (χ0n) is 45.4. The topological polar surface area (TPSA) is 61.8 Å². The van der Waals surface area contributed by atoms with Gasteiger partial charge in [0.05, 0.1) is 6.61 Å². The molecule has 0 aliphatic heterocycles. The molecule has 0 amide bonds. The maximum atomic E-state index is 12.9. The maximum Gasteiger partial charge on any atom is 0.306 e. The van der Waals surface area contributed by atoms with Crippen molar-refractivity contribution in [3.8, 4) is 0 Å². The van der Waals surface area contributed by atoms with Crippen LogP contribution in [0, 0.1) is 0 Å². The Kier molecular flexibility index (Phi) is 56.4. The second kappa shape index (κ2) is 58.7. The molecule has 0 aromatic rings. The number of carbonyl (C=O) groups excluding carboxylic acids is 2. The summed E-state index contributed by atoms with van der Waals surface area (Å²) in [5, 5.41) is 0. The normalized spacial score (nSPS) is 12.7. The van der Waals surface area contributed by atoms with E-state index in [1.165, 1.54) is 180 Å². The molecule has 0 fully saturated rings. The quantitative estimate of drug-likeness (QED) is 0.0345. The van der Waals surface area contributed by atoms with E-state index in [2.05, 4.69) is 93.7 Å². The number of hydrogen-bond acceptors (Lipinski definition) is 5. The Morgan fingerprint density at radius 2 is 0.618 bits per heavy atom. The van der Waals surface area contributed by atoms with Crippen molar-refractivity contribution in [1.82, 2.24) is 0 Å². The Balaban J connectivity index is 4.31. The first-order valence-electron chi connectivity index (χ1n) is 29.5. The van der Waals surface area contributed by atoms with Gasteiger partial charge >= 0.3 is 11.9 Å². The molecule has 1 unspecified atom stereocenters. The molecule has 0 spiro atoms. The lowest BCUT2D eigenvalue weighted by atomic mass is 10.1. The largest absolute Gasteiger partial charge is 0.462 e. The third-order valence-corrected chi connectivity index (χ3v) is 12.7. The molecule has 0 saturated heterocycles. The monoisotopic (exact) mass is 949 g/mol. The van der Waals surface area contributed by atoms with Crippen molar-refractivity contribution < 1.29 is 23.8 Å². The van der Waals surface area contributed by atoms with Crippen LogP contribution < -0.4 is 0 Å². The van der Waals surface area contributed by atoms with Crippen LogP contribution in [0.25, 0.3) is 0 Å². The van der Waals surface area contributed by atoms with Crippen molar-refractivity contribution in [2.75, 3.05) is 19.8 Å². The first-order valence-corrected chi connectivity index (χ1v) is 29.5. The molecule has 0 N–H and O–H groups in total. The molecule has 394 valence electrons. The van der Waals surface area contributed by atoms with Crippen LogP contribution >= 0.6 is 0 Å². The van der Waals surface area contributed by atoms with Gasteiger partial charge in [0, 0.05) is 19.4 Å². The summed E-state index contributed by atoms with van der Waals surface area (Å²) in [5.41, 5.74) is 0. The highest BCUT2D eigenvalue weighted by Gasteiger charge is 2.17. The van der Waals surface area contributed by atoms with E-state index in [1.807, 2.05) is 0 Å². The van der Waals surface area contributed by atoms with Crippen molar-refractivity contribution in [1.29, 1.82) is 0 Å². The van der Waals surface area contributed by atoms with Gasteiger partial charge in [-0.05, 0) is 116 Å². The Labute approximate surface area is 423 Å². The first kappa shape index (κ1) is 65.3. The number of unbranched alkanes of at least 4 members (excludes halogenated alkanes) is 31. The molecule has 0 aromatic heterocycles. The van der Waals surface area contributed by atoms with E-state index in [9.17, 15) is 9.59 Å². The maximum absolute atomic E-state index is 12.9. The average Bonchev–Trinajstić information content (AvgIpc) is 3.34. The smallest absolute Gasteiger partial charge is 0.306 e. The fraction of sp³-hybridized carbons (Fsp3) is 0.778. The van der Waals surface area contributed by atoms with Crippen LogP contribution in [0.15, 0.2) is 72.9 Å². The molecule has 0 saturated carbocycles. The van der Waals surface area contributed by atoms with E-state index >= 15 is 0 Å². The molecule has 5 heteroatoms. The highest BCUT2D eigenvalue weighted by molar-refractivity contribution is 5.70. The van der Waals surface area contributed by atoms with Crippen LogP contribution in [0.1, 0.15) is 290 Å². The van der Waals surface area contributed by atoms with Crippen molar-refractivity contribution in [2.45, 2.75) is 297 Å². The van der Waals surface area contributed by atoms with E-state index in [0.29, 0.717) is 19.4 Å². The summed E-state index contributed by atoms with van der Waals surface area (Å²) in [5.74, 6) is -0.413. The van der Waals surface area contributed by atoms with Gasteiger partial charge in [-0.3, -0.25) is 9.59 Å². The number of hydrogen-bond donors (Lipinski definition) is 0. The second-order valence-corrected chi connectivity index (χ2v) is 19.5. The molecule has 68 heavy (non-hydrogen) atoms. The summed E-state index contributed by atoms with van der Waals surface area (Å²) < 4.78 is 17.5. The SMILES string of the molecule is CCCCC/C=C\C/C=C\C/C=C\CCCCCCCCCOCC(COC(=O)CCCCCCCCC/C=C\C/C=C\CCCCC)OC(=O)CCCCCCC/C=C\CCCCCCCC. The van der Waals surface area contributed by atoms with Crippen LogP contribution in [0.5, 0.6) is 0 Å². The van der Waals surface area contributed by atoms with Gasteiger partial charge < -0.3 is 14.2 Å². The molecule has 0 radical (unpaired) electrons. The third kappa shape index (κ3) is 55.9. The average molecular weight is 950 g/mol. The summed E-state index contributed by atoms with van der Waals surface area (Å²) in [6.07, 6.45) is 76.3. The highest BCUT2D eigenvalue weighted by atomic mass is 16.6. The summed E-state index contributed by atoms with van der Waals surface area (Å²) in [7, 11) is 0. The minimum Gasteiger partial charge on any atom is -0.462 e. The first-order chi connectivity index (χ1) is 33.6. The highest BCUT2D eigenvalue weighted by Crippen LogP contribution is 2.14. The summed E-state index contributed by atoms with van der Waals surface area (Å²) in [6, 6.07) is 0. The molecule has 0 aromatic carbocycles. The second-order valence-electron chi connectivity index (χ2n) is 19.5. The predicted octanol–water partition coefficient (Wildman–Crippen LogP) is 20.2. The van der Waals surface area contributed by atoms with Gasteiger partial charge in [-0.15, -0.1) is 0 Å². The van der Waals surface area contributed by atoms with Gasteiger partial charge in [0.15, 0.2) is 6.10 Å². The summed E-state index contributed by atoms with van der Waals surface area (Å²) in [6.45, 7) is 7.76. The fourth-order valence-corrected chi connectivity index (χ4v) is 8.25. The standard InChI is InChI=1S/C63H112O5/c1-4-7-10-13-16-19-22-25-28-30-31-32-34-37-40-43-46-49-52-55-58-66-59-61(68-63(65)57-54-51-48-45-42-39-35-27-24-21-18-15-12-9-6-3)60-67-62(64)56-53-50-47-44-41-38-36-33-29-26-23-20-17-14-11-8-5-2/h16-17,19-20,25-29,31-32,35,61H,4-15,18,21-24,30,33-34,36-60H2,1-3H3/b19-16-,20-17-,28-25-,29-26-,32-31-,35-27-. The number of allylic oxidation sites excluding steroid dienone is 12. The van der Waals surface area contributed by atoms with E-state index in [0.717, 1.165) is 77.0 Å². The van der Waals surface area contributed by atoms with E-state index in [-0.39, 0.29) is 25.2 Å². The Hall–Kier alpha value is -2.66. The van der Waals surface area contributed by atoms with Gasteiger partial charge in [-0.25, -0.2) is 0 Å². The van der Waals surface area contributed by atoms with E-state index in [1.54, 1.807) is 0 Å². The van der Waals surface area contributed by atoms with E-state index in [4.69, 9.17) is 14.2 Å². The van der Waals surface area contributed by atoms with Gasteiger partial charge in [0.1, 0.15) is 6.61 Å². The predicted molar refractivity (Wildman–Crippen MR) is 297 cm³/mol. The lowest BCUT2D eigenvalue weighted by Crippen LogP contribution is -2.30. The van der Waals surface area contributed by atoms with Gasteiger partial charge in [0.2, 0.25) is 0 Å². The molecule has 0 bridgehead atoms. The number of rotatable bonds is 54. The van der Waals surface area contributed by atoms with Crippen LogP contribution in [-0.4, -0.2) is 37.9 Å². The lowest BCUT2D eigenvalue weighted by Gasteiger charge is -2.18. The number of esters is 2. The summed E-state index contributed by atoms with van der Waals surface area (Å²) >= 11 is 0. The number of carbonyl (C=O) groups is 2. The molecule has 1 atom stereocenters. The van der Waals surface area contributed by atoms with Crippen LogP contribution in [0.2, 0.25) is 0 Å². The van der Waals surface area contributed by atoms with Gasteiger partial charge in [-0.2, -0.15) is 0 Å². The Bertz CT molecular complexity index is 1210. The Morgan fingerprint density at radius 3 is 1.03 bits per heavy atom. The molecular formula is C63H112O5. The minimum absolute atomic E-state index is 0.0728. The summed E-state index contributed by atoms with van der Waals surface area (Å²) in [4.78, 5) is 25.5. The Morgan fingerprint density at radius 1 is 0.324 bits per heavy atom. The molecular weight excluding hydrogens is 837 g/mol. The minimum atomic E-state index is -0.552. The lowest BCUT2D eigenvalue weighted by molar-refractivity contribution is -0.163. The number of ether oxygens (including phenoxy) is 3. The zero-order chi connectivity index (χ0) is 49.2. The van der Waals surface area contributed by atoms with E-state index < -0.39 is 6.10 Å². The van der Waals surface area contributed by atoms with Crippen molar-refractivity contribution >= 4 is 11.9 Å². The molecule has 5 nitrogen and oxygen atoms in total. The third-order valence-electron chi connectivity index (χ3n) is 12.7. The van der Waals surface area contributed by atoms with Crippen molar-refractivity contribution in [3.63, 3.8) is 0 Å². The van der Waals surface area contributed by atoms with Gasteiger partial charge in [-0.1, -0.05) is 235 Å². The fourth-order valence-electron chi connectivity index (χ4n) is 8.25. The van der Waals surface area contributed by atoms with Crippen LogP contribution in [-0.2, 0) is 23.8 Å².